The van der Waals surface area contributed by atoms with Crippen molar-refractivity contribution in [3.63, 3.8) is 0 Å². The van der Waals surface area contributed by atoms with Crippen LogP contribution in [0.3, 0.4) is 0 Å². The lowest BCUT2D eigenvalue weighted by Gasteiger charge is -2.08. The zero-order chi connectivity index (χ0) is 12.8. The number of carbonyl (C=O) groups excluding carboxylic acids is 1. The summed E-state index contributed by atoms with van der Waals surface area (Å²) in [6.45, 7) is 2.60. The lowest BCUT2D eigenvalue weighted by molar-refractivity contribution is -0.140. The number of ether oxygens (including phenoxy) is 1. The second kappa shape index (κ2) is 6.24. The van der Waals surface area contributed by atoms with Gasteiger partial charge in [0, 0.05) is 13.1 Å². The molecule has 0 amide bonds. The molecule has 0 fully saturated rings. The van der Waals surface area contributed by atoms with Crippen molar-refractivity contribution in [2.75, 3.05) is 19.0 Å². The molecule has 0 radical (unpaired) electrons. The van der Waals surface area contributed by atoms with Crippen molar-refractivity contribution in [1.29, 1.82) is 0 Å². The Bertz CT molecular complexity index is 459. The fraction of sp³-hybridized carbons (Fsp3) is 0.500. The Kier molecular flexibility index (Phi) is 4.96. The van der Waals surface area contributed by atoms with Crippen molar-refractivity contribution in [3.8, 4) is 0 Å². The molecule has 1 N–H and O–H groups in total. The molecule has 0 aliphatic carbocycles. The van der Waals surface area contributed by atoms with E-state index in [1.165, 1.54) is 18.0 Å². The van der Waals surface area contributed by atoms with E-state index in [4.69, 9.17) is 11.6 Å². The van der Waals surface area contributed by atoms with E-state index in [1.54, 1.807) is 6.92 Å². The van der Waals surface area contributed by atoms with Crippen LogP contribution in [0.15, 0.2) is 11.0 Å². The summed E-state index contributed by atoms with van der Waals surface area (Å²) in [6.07, 6.45) is 1.66. The Morgan fingerprint density at radius 3 is 2.94 bits per heavy atom. The summed E-state index contributed by atoms with van der Waals surface area (Å²) in [4.78, 5) is 22.5. The van der Waals surface area contributed by atoms with E-state index in [9.17, 15) is 9.59 Å². The number of methoxy groups -OCH3 is 1. The first-order valence-corrected chi connectivity index (χ1v) is 5.54. The van der Waals surface area contributed by atoms with Gasteiger partial charge < -0.3 is 10.1 Å². The minimum atomic E-state index is -0.350. The van der Waals surface area contributed by atoms with E-state index in [1.807, 2.05) is 0 Å². The molecule has 17 heavy (non-hydrogen) atoms. The van der Waals surface area contributed by atoms with E-state index in [0.717, 1.165) is 0 Å². The van der Waals surface area contributed by atoms with Crippen LogP contribution in [-0.4, -0.2) is 29.4 Å². The maximum absolute atomic E-state index is 11.6. The van der Waals surface area contributed by atoms with Crippen molar-refractivity contribution in [2.45, 2.75) is 19.9 Å². The van der Waals surface area contributed by atoms with Crippen LogP contribution < -0.4 is 10.9 Å². The van der Waals surface area contributed by atoms with Gasteiger partial charge in [0.15, 0.2) is 0 Å². The molecule has 0 unspecified atom stereocenters. The Balaban J connectivity index is 2.70. The lowest BCUT2D eigenvalue weighted by Crippen LogP contribution is -2.23. The Labute approximate surface area is 104 Å². The summed E-state index contributed by atoms with van der Waals surface area (Å²) < 4.78 is 5.74. The van der Waals surface area contributed by atoms with Crippen molar-refractivity contribution in [2.24, 2.45) is 0 Å². The molecule has 0 bridgehead atoms. The molecule has 1 aromatic heterocycles. The Morgan fingerprint density at radius 1 is 1.65 bits per heavy atom. The number of hydrogen-bond donors (Lipinski definition) is 1. The fourth-order valence-corrected chi connectivity index (χ4v) is 1.43. The van der Waals surface area contributed by atoms with Gasteiger partial charge in [-0.2, -0.15) is 5.10 Å². The fourth-order valence-electron chi connectivity index (χ4n) is 1.21. The normalized spacial score (nSPS) is 10.1. The second-order valence-corrected chi connectivity index (χ2v) is 3.62. The molecule has 0 aliphatic rings. The van der Waals surface area contributed by atoms with Crippen LogP contribution in [0.2, 0.25) is 5.02 Å². The molecule has 0 aromatic carbocycles. The van der Waals surface area contributed by atoms with Crippen LogP contribution in [0.5, 0.6) is 0 Å². The van der Waals surface area contributed by atoms with Crippen molar-refractivity contribution in [3.05, 3.63) is 21.6 Å². The third-order valence-electron chi connectivity index (χ3n) is 2.16. The van der Waals surface area contributed by atoms with Gasteiger partial charge in [0.1, 0.15) is 5.02 Å². The molecule has 0 saturated carbocycles. The second-order valence-electron chi connectivity index (χ2n) is 3.25. The molecular formula is C10H14ClN3O3. The van der Waals surface area contributed by atoms with Crippen LogP contribution in [0, 0.1) is 0 Å². The first-order valence-electron chi connectivity index (χ1n) is 5.16. The number of rotatable bonds is 5. The van der Waals surface area contributed by atoms with E-state index in [0.29, 0.717) is 18.8 Å². The topological polar surface area (TPSA) is 73.2 Å². The van der Waals surface area contributed by atoms with E-state index < -0.39 is 0 Å². The van der Waals surface area contributed by atoms with Gasteiger partial charge >= 0.3 is 5.97 Å². The number of esters is 1. The molecule has 0 spiro atoms. The Hall–Kier alpha value is -1.56. The first-order chi connectivity index (χ1) is 8.10. The van der Waals surface area contributed by atoms with Gasteiger partial charge in [-0.05, 0) is 6.92 Å². The number of anilines is 1. The molecular weight excluding hydrogens is 246 g/mol. The van der Waals surface area contributed by atoms with Gasteiger partial charge in [-0.25, -0.2) is 4.68 Å². The van der Waals surface area contributed by atoms with E-state index in [2.05, 4.69) is 15.2 Å². The third-order valence-corrected chi connectivity index (χ3v) is 2.52. The average Bonchev–Trinajstić information content (AvgIpc) is 2.34. The number of hydrogen-bond acceptors (Lipinski definition) is 5. The summed E-state index contributed by atoms with van der Waals surface area (Å²) in [7, 11) is 1.32. The van der Waals surface area contributed by atoms with E-state index in [-0.39, 0.29) is 23.0 Å². The van der Waals surface area contributed by atoms with E-state index >= 15 is 0 Å². The molecule has 7 heteroatoms. The number of aryl methyl sites for hydroxylation is 1. The summed E-state index contributed by atoms with van der Waals surface area (Å²) in [5.74, 6) is -0.330. The smallest absolute Gasteiger partial charge is 0.307 e. The van der Waals surface area contributed by atoms with Crippen molar-refractivity contribution < 1.29 is 9.53 Å². The number of carbonyl (C=O) groups is 1. The number of halogens is 1. The van der Waals surface area contributed by atoms with Crippen LogP contribution in [0.1, 0.15) is 13.3 Å². The summed E-state index contributed by atoms with van der Waals surface area (Å²) in [6, 6.07) is 0. The molecule has 0 saturated heterocycles. The highest BCUT2D eigenvalue weighted by atomic mass is 35.5. The largest absolute Gasteiger partial charge is 0.469 e. The van der Waals surface area contributed by atoms with Crippen molar-refractivity contribution in [1.82, 2.24) is 9.78 Å². The number of nitrogens with zero attached hydrogens (tertiary/aromatic N) is 2. The van der Waals surface area contributed by atoms with Gasteiger partial charge in [-0.1, -0.05) is 11.6 Å². The van der Waals surface area contributed by atoms with Crippen LogP contribution in [0.25, 0.3) is 0 Å². The zero-order valence-corrected chi connectivity index (χ0v) is 10.5. The van der Waals surface area contributed by atoms with Gasteiger partial charge in [0.05, 0.1) is 25.4 Å². The number of nitrogens with one attached hydrogen (secondary N) is 1. The quantitative estimate of drug-likeness (QED) is 0.795. The predicted molar refractivity (Wildman–Crippen MR) is 64.3 cm³/mol. The molecule has 1 heterocycles. The predicted octanol–water partition coefficient (Wildman–Crippen LogP) is 0.892. The van der Waals surface area contributed by atoms with Crippen molar-refractivity contribution >= 4 is 23.3 Å². The highest BCUT2D eigenvalue weighted by Crippen LogP contribution is 2.14. The van der Waals surface area contributed by atoms with Gasteiger partial charge in [0.25, 0.3) is 5.56 Å². The minimum Gasteiger partial charge on any atom is -0.469 e. The molecule has 0 atom stereocenters. The first kappa shape index (κ1) is 13.5. The zero-order valence-electron chi connectivity index (χ0n) is 9.70. The average molecular weight is 260 g/mol. The van der Waals surface area contributed by atoms with Crippen LogP contribution in [-0.2, 0) is 16.1 Å². The molecule has 94 valence electrons. The van der Waals surface area contributed by atoms with Crippen LogP contribution in [0.4, 0.5) is 5.69 Å². The molecule has 1 rings (SSSR count). The van der Waals surface area contributed by atoms with Gasteiger partial charge in [-0.3, -0.25) is 9.59 Å². The third kappa shape index (κ3) is 3.45. The standard InChI is InChI=1S/C10H14ClN3O3/c1-3-14-10(16)9(11)7(6-13-14)12-5-4-8(15)17-2/h6,12H,3-5H2,1-2H3. The monoisotopic (exact) mass is 259 g/mol. The summed E-state index contributed by atoms with van der Waals surface area (Å²) in [5.41, 5.74) is 0.0718. The van der Waals surface area contributed by atoms with Gasteiger partial charge in [0.2, 0.25) is 0 Å². The maximum atomic E-state index is 11.6. The lowest BCUT2D eigenvalue weighted by atomic mass is 10.4. The van der Waals surface area contributed by atoms with Crippen LogP contribution >= 0.6 is 11.6 Å². The van der Waals surface area contributed by atoms with Gasteiger partial charge in [-0.15, -0.1) is 0 Å². The Morgan fingerprint density at radius 2 is 2.35 bits per heavy atom. The molecule has 1 aromatic rings. The maximum Gasteiger partial charge on any atom is 0.307 e. The summed E-state index contributed by atoms with van der Waals surface area (Å²) in [5, 5.41) is 6.85. The highest BCUT2D eigenvalue weighted by molar-refractivity contribution is 6.32. The summed E-state index contributed by atoms with van der Waals surface area (Å²) >= 11 is 5.87. The number of aromatic nitrogens is 2. The molecule has 0 aliphatic heterocycles. The highest BCUT2D eigenvalue weighted by Gasteiger charge is 2.08. The SMILES string of the molecule is CCn1ncc(NCCC(=O)OC)c(Cl)c1=O. The minimum absolute atomic E-state index is 0.0757. The molecule has 6 nitrogen and oxygen atoms in total.